The maximum absolute atomic E-state index is 14.6. The molecule has 0 aliphatic heterocycles. The number of halogens is 6. The molecule has 3 aromatic heterocycles. The number of alkyl halides is 3. The number of carbonyl (C=O) groups is 1. The van der Waals surface area contributed by atoms with Crippen LogP contribution >= 0.6 is 0 Å². The van der Waals surface area contributed by atoms with Crippen molar-refractivity contribution in [3.8, 4) is 16.9 Å². The number of carbonyl (C=O) groups excluding carboxylic acids is 1. The van der Waals surface area contributed by atoms with E-state index in [0.29, 0.717) is 18.0 Å². The summed E-state index contributed by atoms with van der Waals surface area (Å²) in [6.07, 6.45) is -0.639. The molecule has 0 fully saturated rings. The molecule has 0 saturated heterocycles. The number of ether oxygens (including phenoxy) is 2. The fourth-order valence-electron chi connectivity index (χ4n) is 4.94. The maximum Gasteiger partial charge on any atom is 0.417 e. The van der Waals surface area contributed by atoms with Gasteiger partial charge in [-0.25, -0.2) is 18.2 Å². The van der Waals surface area contributed by atoms with Crippen molar-refractivity contribution in [1.29, 1.82) is 0 Å². The van der Waals surface area contributed by atoms with Gasteiger partial charge in [-0.1, -0.05) is 6.07 Å². The van der Waals surface area contributed by atoms with Gasteiger partial charge in [0.2, 0.25) is 5.78 Å². The fourth-order valence-corrected chi connectivity index (χ4v) is 4.94. The SMILES string of the molecule is CCOC=Cc1cc(C(=O)c2cc(F)c(F)c(F)c2)n2cccc(-c3c(C(F)(F)F)cc4c(nc(C)n4C)c3OC)c12. The molecule has 0 unspecified atom stereocenters. The van der Waals surface area contributed by atoms with E-state index in [4.69, 9.17) is 9.47 Å². The summed E-state index contributed by atoms with van der Waals surface area (Å²) < 4.78 is 99.2. The highest BCUT2D eigenvalue weighted by molar-refractivity contribution is 6.10. The third-order valence-corrected chi connectivity index (χ3v) is 6.94. The molecule has 0 saturated carbocycles. The van der Waals surface area contributed by atoms with Crippen molar-refractivity contribution in [2.45, 2.75) is 20.0 Å². The molecule has 0 bridgehead atoms. The van der Waals surface area contributed by atoms with Crippen LogP contribution in [-0.4, -0.2) is 33.5 Å². The van der Waals surface area contributed by atoms with Gasteiger partial charge in [-0.15, -0.1) is 0 Å². The van der Waals surface area contributed by atoms with E-state index in [-0.39, 0.29) is 51.3 Å². The van der Waals surface area contributed by atoms with E-state index >= 15 is 0 Å². The summed E-state index contributed by atoms with van der Waals surface area (Å²) in [6, 6.07) is 6.32. The molecule has 5 aromatic rings. The highest BCUT2D eigenvalue weighted by Crippen LogP contribution is 2.48. The Morgan fingerprint density at radius 3 is 2.40 bits per heavy atom. The van der Waals surface area contributed by atoms with Crippen molar-refractivity contribution >= 4 is 28.4 Å². The van der Waals surface area contributed by atoms with Crippen molar-refractivity contribution in [2.24, 2.45) is 7.05 Å². The maximum atomic E-state index is 14.6. The molecule has 218 valence electrons. The largest absolute Gasteiger partial charge is 0.501 e. The van der Waals surface area contributed by atoms with Gasteiger partial charge in [-0.2, -0.15) is 13.2 Å². The summed E-state index contributed by atoms with van der Waals surface area (Å²) in [5.74, 6) is -5.42. The van der Waals surface area contributed by atoms with Crippen molar-refractivity contribution in [2.75, 3.05) is 13.7 Å². The minimum atomic E-state index is -4.82. The topological polar surface area (TPSA) is 57.8 Å². The minimum Gasteiger partial charge on any atom is -0.501 e. The van der Waals surface area contributed by atoms with Gasteiger partial charge in [0.1, 0.15) is 11.3 Å². The molecule has 0 aliphatic rings. The van der Waals surface area contributed by atoms with Gasteiger partial charge >= 0.3 is 6.18 Å². The van der Waals surface area contributed by atoms with Crippen molar-refractivity contribution < 1.29 is 40.6 Å². The quantitative estimate of drug-likeness (QED) is 0.0858. The summed E-state index contributed by atoms with van der Waals surface area (Å²) in [4.78, 5) is 17.9. The molecule has 0 atom stereocenters. The number of rotatable bonds is 7. The highest BCUT2D eigenvalue weighted by atomic mass is 19.4. The number of ketones is 1. The molecule has 0 amide bonds. The molecule has 2 aromatic carbocycles. The zero-order chi connectivity index (χ0) is 30.5. The van der Waals surface area contributed by atoms with Gasteiger partial charge < -0.3 is 18.4 Å². The van der Waals surface area contributed by atoms with Gasteiger partial charge in [0.25, 0.3) is 0 Å². The number of hydrogen-bond acceptors (Lipinski definition) is 4. The molecule has 3 heterocycles. The van der Waals surface area contributed by atoms with E-state index in [0.717, 1.165) is 6.07 Å². The lowest BCUT2D eigenvalue weighted by molar-refractivity contribution is -0.137. The van der Waals surface area contributed by atoms with Crippen LogP contribution in [0.5, 0.6) is 5.75 Å². The van der Waals surface area contributed by atoms with Crippen LogP contribution in [0.1, 0.15) is 39.9 Å². The average Bonchev–Trinajstić information content (AvgIpc) is 3.46. The predicted octanol–water partition coefficient (Wildman–Crippen LogP) is 7.48. The number of aryl methyl sites for hydroxylation is 2. The van der Waals surface area contributed by atoms with Crippen LogP contribution in [0.3, 0.4) is 0 Å². The van der Waals surface area contributed by atoms with Gasteiger partial charge in [-0.3, -0.25) is 4.79 Å². The number of fused-ring (bicyclic) bond motifs is 2. The van der Waals surface area contributed by atoms with E-state index in [1.165, 1.54) is 52.8 Å². The number of methoxy groups -OCH3 is 1. The lowest BCUT2D eigenvalue weighted by Gasteiger charge is -2.19. The standard InChI is InChI=1S/C30H23F6N3O3/c1-5-42-10-8-16-13-23(28(40)17-11-20(31)25(33)21(32)12-17)39-9-6-7-18(27(16)39)24-19(30(34,35)36)14-22-26(29(24)41-4)37-15(2)38(22)3/h6-14H,5H2,1-4H3. The third-order valence-electron chi connectivity index (χ3n) is 6.94. The summed E-state index contributed by atoms with van der Waals surface area (Å²) in [5.41, 5.74) is -1.09. The number of benzene rings is 2. The summed E-state index contributed by atoms with van der Waals surface area (Å²) in [6.45, 7) is 3.66. The Labute approximate surface area is 235 Å². The van der Waals surface area contributed by atoms with E-state index in [2.05, 4.69) is 4.98 Å². The van der Waals surface area contributed by atoms with Crippen LogP contribution in [0, 0.1) is 24.4 Å². The van der Waals surface area contributed by atoms with Gasteiger partial charge in [-0.05, 0) is 50.3 Å². The van der Waals surface area contributed by atoms with Crippen LogP contribution in [0.2, 0.25) is 0 Å². The van der Waals surface area contributed by atoms with Crippen molar-refractivity contribution in [1.82, 2.24) is 14.0 Å². The minimum absolute atomic E-state index is 0.0403. The number of hydrogen-bond donors (Lipinski definition) is 0. The first kappa shape index (κ1) is 28.8. The Kier molecular flexibility index (Phi) is 7.25. The second-order valence-electron chi connectivity index (χ2n) is 9.38. The molecular formula is C30H23F6N3O3. The monoisotopic (exact) mass is 587 g/mol. The number of aromatic nitrogens is 3. The lowest BCUT2D eigenvalue weighted by atomic mass is 9.95. The summed E-state index contributed by atoms with van der Waals surface area (Å²) in [5, 5.41) is 0. The highest BCUT2D eigenvalue weighted by Gasteiger charge is 2.38. The first-order valence-corrected chi connectivity index (χ1v) is 12.6. The van der Waals surface area contributed by atoms with Crippen molar-refractivity contribution in [3.05, 3.63) is 94.5 Å². The van der Waals surface area contributed by atoms with E-state index < -0.39 is 40.5 Å². The van der Waals surface area contributed by atoms with Gasteiger partial charge in [0, 0.05) is 35.5 Å². The summed E-state index contributed by atoms with van der Waals surface area (Å²) >= 11 is 0. The first-order valence-electron chi connectivity index (χ1n) is 12.6. The number of pyridine rings is 1. The molecule has 0 spiro atoms. The Morgan fingerprint density at radius 1 is 1.10 bits per heavy atom. The van der Waals surface area contributed by atoms with E-state index in [1.807, 2.05) is 0 Å². The van der Waals surface area contributed by atoms with Crippen LogP contribution in [0.15, 0.2) is 48.9 Å². The smallest absolute Gasteiger partial charge is 0.417 e. The van der Waals surface area contributed by atoms with Crippen LogP contribution in [0.4, 0.5) is 26.3 Å². The summed E-state index contributed by atoms with van der Waals surface area (Å²) in [7, 11) is 2.83. The molecule has 0 aliphatic carbocycles. The Hall–Kier alpha value is -4.74. The number of imidazole rings is 1. The fraction of sp³-hybridized carbons (Fsp3) is 0.200. The molecule has 0 N–H and O–H groups in total. The van der Waals surface area contributed by atoms with Crippen LogP contribution in [-0.2, 0) is 18.0 Å². The normalized spacial score (nSPS) is 12.1. The Bertz CT molecular complexity index is 1880. The lowest BCUT2D eigenvalue weighted by Crippen LogP contribution is -2.10. The Balaban J connectivity index is 1.88. The molecule has 5 rings (SSSR count). The van der Waals surface area contributed by atoms with Gasteiger partial charge in [0.05, 0.1) is 42.3 Å². The second-order valence-corrected chi connectivity index (χ2v) is 9.38. The van der Waals surface area contributed by atoms with Crippen molar-refractivity contribution in [3.63, 3.8) is 0 Å². The second kappa shape index (κ2) is 10.6. The molecule has 0 radical (unpaired) electrons. The molecule has 12 heteroatoms. The molecular weight excluding hydrogens is 564 g/mol. The van der Waals surface area contributed by atoms with Gasteiger partial charge in [0.15, 0.2) is 23.2 Å². The molecule has 6 nitrogen and oxygen atoms in total. The Morgan fingerprint density at radius 2 is 1.79 bits per heavy atom. The van der Waals surface area contributed by atoms with Crippen LogP contribution < -0.4 is 4.74 Å². The predicted molar refractivity (Wildman–Crippen MR) is 144 cm³/mol. The number of nitrogens with zero attached hydrogens (tertiary/aromatic N) is 3. The first-order chi connectivity index (χ1) is 19.9. The zero-order valence-corrected chi connectivity index (χ0v) is 22.7. The zero-order valence-electron chi connectivity index (χ0n) is 22.7. The van der Waals surface area contributed by atoms with E-state index in [9.17, 15) is 31.1 Å². The third kappa shape index (κ3) is 4.66. The van der Waals surface area contributed by atoms with E-state index in [1.54, 1.807) is 20.9 Å². The average molecular weight is 588 g/mol. The molecule has 42 heavy (non-hydrogen) atoms. The van der Waals surface area contributed by atoms with Crippen LogP contribution in [0.25, 0.3) is 33.8 Å².